The fourth-order valence-corrected chi connectivity index (χ4v) is 4.14. The summed E-state index contributed by atoms with van der Waals surface area (Å²) < 4.78 is 49.4. The Morgan fingerprint density at radius 2 is 1.16 bits per heavy atom. The van der Waals surface area contributed by atoms with Crippen molar-refractivity contribution in [2.24, 2.45) is 10.8 Å². The topological polar surface area (TPSA) is 227 Å². The number of rotatable bonds is 11. The molecule has 0 fully saturated rings. The van der Waals surface area contributed by atoms with Gasteiger partial charge in [0.25, 0.3) is 0 Å². The molecule has 62 heavy (non-hydrogen) atoms. The van der Waals surface area contributed by atoms with Gasteiger partial charge in [0.15, 0.2) is 17.9 Å². The lowest BCUT2D eigenvalue weighted by Crippen LogP contribution is -2.20. The van der Waals surface area contributed by atoms with E-state index in [4.69, 9.17) is 28.7 Å². The Morgan fingerprint density at radius 1 is 0.726 bits per heavy atom. The molecular formula is C41H45Br2F3N8O8. The molecule has 0 aliphatic carbocycles. The number of pyridine rings is 2. The summed E-state index contributed by atoms with van der Waals surface area (Å²) in [6.07, 6.45) is 7.67. The van der Waals surface area contributed by atoms with Crippen LogP contribution < -0.4 is 9.47 Å². The number of nitrogens with zero attached hydrogens (tertiary/aromatic N) is 7. The maximum atomic E-state index is 12.7. The van der Waals surface area contributed by atoms with Crippen LogP contribution in [0.4, 0.5) is 13.2 Å². The normalized spacial score (nSPS) is 10.7. The molecule has 16 nitrogen and oxygen atoms in total. The lowest BCUT2D eigenvalue weighted by molar-refractivity contribution is -0.193. The summed E-state index contributed by atoms with van der Waals surface area (Å²) in [4.78, 5) is 84.4. The average molecular weight is 995 g/mol. The summed E-state index contributed by atoms with van der Waals surface area (Å²) in [5.41, 5.74) is 4.55. The molecule has 5 heterocycles. The van der Waals surface area contributed by atoms with Crippen molar-refractivity contribution in [3.05, 3.63) is 78.0 Å². The molecular weight excluding hydrogens is 949 g/mol. The molecule has 5 aromatic heterocycles. The van der Waals surface area contributed by atoms with Gasteiger partial charge in [-0.1, -0.05) is 73.4 Å². The number of carbonyl (C=O) groups excluding carboxylic acids is 6. The highest BCUT2D eigenvalue weighted by Gasteiger charge is 2.33. The summed E-state index contributed by atoms with van der Waals surface area (Å²) in [6, 6.07) is 3.72. The number of ketones is 1. The van der Waals surface area contributed by atoms with Gasteiger partial charge in [-0.3, -0.25) is 19.6 Å². The highest BCUT2D eigenvalue weighted by molar-refractivity contribution is 9.25. The van der Waals surface area contributed by atoms with Crippen molar-refractivity contribution in [3.63, 3.8) is 0 Å². The van der Waals surface area contributed by atoms with E-state index in [1.807, 2.05) is 26.0 Å². The van der Waals surface area contributed by atoms with E-state index in [1.165, 1.54) is 25.5 Å². The van der Waals surface area contributed by atoms with Crippen LogP contribution in [-0.4, -0.2) is 81.2 Å². The van der Waals surface area contributed by atoms with Gasteiger partial charge in [0.1, 0.15) is 20.8 Å². The first-order chi connectivity index (χ1) is 28.9. The number of Topliss-reactive ketones (excluding diaryl/α,β-unsaturated/α-hetero) is 1. The minimum absolute atomic E-state index is 0.00788. The van der Waals surface area contributed by atoms with Crippen LogP contribution in [0.2, 0.25) is 0 Å². The van der Waals surface area contributed by atoms with E-state index in [0.717, 1.165) is 34.9 Å². The summed E-state index contributed by atoms with van der Waals surface area (Å²) in [7, 11) is 0. The SMILES string of the molecule is CC(=O)C(Br)Br.CCC(C)(C)COc1cc(C)c(-c2cnc(-c3ncc(C(F)(F)F)[nH]3)cn2)cn1.Cc1cc(OCC(C)(C)C)ncc1-c1cnc(C=O)cn1.O=C=O.O=C=O. The third-order valence-corrected chi connectivity index (χ3v) is 9.11. The molecule has 0 aromatic carbocycles. The number of hydrogen-bond donors (Lipinski definition) is 1. The zero-order valence-electron chi connectivity index (χ0n) is 35.3. The molecule has 0 unspecified atom stereocenters. The van der Waals surface area contributed by atoms with Gasteiger partial charge >= 0.3 is 18.5 Å². The molecule has 0 bridgehead atoms. The number of carbonyl (C=O) groups is 2. The molecule has 1 N–H and O–H groups in total. The lowest BCUT2D eigenvalue weighted by atomic mass is 9.92. The quantitative estimate of drug-likeness (QED) is 0.0964. The number of halogens is 5. The Bertz CT molecular complexity index is 2240. The summed E-state index contributed by atoms with van der Waals surface area (Å²) in [6.45, 7) is 19.2. The molecule has 0 saturated carbocycles. The Balaban J connectivity index is 0.000000506. The van der Waals surface area contributed by atoms with Gasteiger partial charge in [-0.2, -0.15) is 32.3 Å². The van der Waals surface area contributed by atoms with Crippen LogP contribution >= 0.6 is 31.9 Å². The number of nitrogens with one attached hydrogen (secondary N) is 1. The molecule has 0 aliphatic rings. The van der Waals surface area contributed by atoms with Crippen molar-refractivity contribution in [2.45, 2.75) is 78.6 Å². The van der Waals surface area contributed by atoms with E-state index in [0.29, 0.717) is 48.3 Å². The number of aromatic amines is 1. The molecule has 5 aromatic rings. The number of imidazole rings is 1. The van der Waals surface area contributed by atoms with Crippen LogP contribution in [0.25, 0.3) is 34.0 Å². The maximum Gasteiger partial charge on any atom is 0.432 e. The second-order valence-electron chi connectivity index (χ2n) is 14.8. The Labute approximate surface area is 372 Å². The van der Waals surface area contributed by atoms with E-state index >= 15 is 0 Å². The van der Waals surface area contributed by atoms with Crippen LogP contribution in [0.3, 0.4) is 0 Å². The van der Waals surface area contributed by atoms with Crippen LogP contribution in [0.1, 0.15) is 82.2 Å². The number of ether oxygens (including phenoxy) is 2. The Hall–Kier alpha value is -5.88. The number of aromatic nitrogens is 8. The standard InChI is InChI=1S/C20H22F3N5O.C16H19N3O2.C3H4Br2O.2CO2/c1-5-19(3,4)11-29-17-6-12(2)13(7-26-17)14-8-25-15(9-24-14)18-27-10-16(28-18)20(21,22)23;1-11-5-15(21-10-16(2,3)4)19-7-13(11)14-8-17-12(9-20)6-18-14;1-2(6)3(4)5;2*2-1-3/h6-10H,5,11H2,1-4H3,(H,27,28);5-9H,10H2,1-4H3;3H,1H3;;. The highest BCUT2D eigenvalue weighted by atomic mass is 79.9. The van der Waals surface area contributed by atoms with E-state index in [1.54, 1.807) is 18.6 Å². The zero-order valence-corrected chi connectivity index (χ0v) is 38.4. The first-order valence-electron chi connectivity index (χ1n) is 18.1. The lowest BCUT2D eigenvalue weighted by Gasteiger charge is -2.22. The molecule has 5 rings (SSSR count). The second-order valence-corrected chi connectivity index (χ2v) is 17.8. The van der Waals surface area contributed by atoms with E-state index < -0.39 is 11.9 Å². The minimum atomic E-state index is -4.49. The van der Waals surface area contributed by atoms with Gasteiger partial charge in [-0.25, -0.2) is 24.9 Å². The smallest absolute Gasteiger partial charge is 0.432 e. The number of alkyl halides is 5. The van der Waals surface area contributed by atoms with Crippen LogP contribution in [-0.2, 0) is 30.1 Å². The monoisotopic (exact) mass is 992 g/mol. The molecule has 21 heteroatoms. The van der Waals surface area contributed by atoms with E-state index in [9.17, 15) is 22.8 Å². The van der Waals surface area contributed by atoms with Gasteiger partial charge in [0.05, 0.1) is 55.6 Å². The van der Waals surface area contributed by atoms with Gasteiger partial charge in [-0.05, 0) is 49.1 Å². The van der Waals surface area contributed by atoms with Crippen molar-refractivity contribution in [3.8, 4) is 45.8 Å². The number of aldehydes is 1. The van der Waals surface area contributed by atoms with Crippen molar-refractivity contribution in [1.82, 2.24) is 39.9 Å². The summed E-state index contributed by atoms with van der Waals surface area (Å²) in [5, 5.41) is 0. The van der Waals surface area contributed by atoms with Crippen molar-refractivity contribution in [2.75, 3.05) is 13.2 Å². The van der Waals surface area contributed by atoms with Gasteiger partial charge < -0.3 is 14.5 Å². The largest absolute Gasteiger partial charge is 0.477 e. The number of H-pyrrole nitrogens is 1. The first kappa shape index (κ1) is 54.1. The number of hydrogen-bond acceptors (Lipinski definition) is 15. The summed E-state index contributed by atoms with van der Waals surface area (Å²) >= 11 is 6.01. The van der Waals surface area contributed by atoms with Gasteiger partial charge in [0, 0.05) is 35.7 Å². The first-order valence-corrected chi connectivity index (χ1v) is 20.0. The van der Waals surface area contributed by atoms with E-state index in [-0.39, 0.29) is 44.2 Å². The van der Waals surface area contributed by atoms with Crippen molar-refractivity contribution in [1.29, 1.82) is 0 Å². The Kier molecular flexibility index (Phi) is 22.5. The third kappa shape index (κ3) is 19.7. The van der Waals surface area contributed by atoms with Crippen molar-refractivity contribution >= 4 is 56.2 Å². The predicted octanol–water partition coefficient (Wildman–Crippen LogP) is 8.68. The molecule has 0 amide bonds. The fraction of sp³-hybridized carbons (Fsp3) is 0.390. The third-order valence-electron chi connectivity index (χ3n) is 7.82. The van der Waals surface area contributed by atoms with Crippen molar-refractivity contribution < 1.29 is 51.4 Å². The molecule has 0 spiro atoms. The average Bonchev–Trinajstić information content (AvgIpc) is 3.72. The minimum Gasteiger partial charge on any atom is -0.477 e. The molecule has 0 saturated heterocycles. The maximum absolute atomic E-state index is 12.7. The Morgan fingerprint density at radius 3 is 1.50 bits per heavy atom. The van der Waals surface area contributed by atoms with Crippen LogP contribution in [0, 0.1) is 24.7 Å². The predicted molar refractivity (Wildman–Crippen MR) is 225 cm³/mol. The fourth-order valence-electron chi connectivity index (χ4n) is 4.14. The zero-order chi connectivity index (χ0) is 47.3. The molecule has 0 radical (unpaired) electrons. The highest BCUT2D eigenvalue weighted by Crippen LogP contribution is 2.30. The van der Waals surface area contributed by atoms with Gasteiger partial charge in [-0.15, -0.1) is 0 Å². The molecule has 332 valence electrons. The molecule has 0 atom stereocenters. The summed E-state index contributed by atoms with van der Waals surface area (Å²) in [5.74, 6) is 1.24. The van der Waals surface area contributed by atoms with E-state index in [2.05, 4.69) is 113 Å². The van der Waals surface area contributed by atoms with Crippen LogP contribution in [0.15, 0.2) is 55.5 Å². The second kappa shape index (κ2) is 25.8. The van der Waals surface area contributed by atoms with Crippen LogP contribution in [0.5, 0.6) is 11.8 Å². The molecule has 0 aliphatic heterocycles. The van der Waals surface area contributed by atoms with Gasteiger partial charge in [0.2, 0.25) is 11.8 Å². The number of aryl methyl sites for hydroxylation is 2.